The van der Waals surface area contributed by atoms with E-state index >= 15 is 0 Å². The van der Waals surface area contributed by atoms with Crippen LogP contribution in [-0.4, -0.2) is 44.4 Å². The zero-order valence-corrected chi connectivity index (χ0v) is 13.2. The number of nitrogens with zero attached hydrogens (tertiary/aromatic N) is 3. The van der Waals surface area contributed by atoms with Gasteiger partial charge >= 0.3 is 12.1 Å². The van der Waals surface area contributed by atoms with E-state index in [4.69, 9.17) is 0 Å². The van der Waals surface area contributed by atoms with E-state index in [9.17, 15) is 22.8 Å². The molecule has 6 nitrogen and oxygen atoms in total. The minimum atomic E-state index is -5.03. The van der Waals surface area contributed by atoms with E-state index in [1.165, 1.54) is 20.2 Å². The molecular formula is C15H17F3N4O2. The predicted octanol–water partition coefficient (Wildman–Crippen LogP) is 1.52. The number of halogens is 3. The van der Waals surface area contributed by atoms with Gasteiger partial charge in [0.25, 0.3) is 0 Å². The van der Waals surface area contributed by atoms with E-state index in [0.717, 1.165) is 17.7 Å². The molecule has 0 aliphatic carbocycles. The highest BCUT2D eigenvalue weighted by Crippen LogP contribution is 2.43. The summed E-state index contributed by atoms with van der Waals surface area (Å²) < 4.78 is 37.5. The Bertz CT molecular complexity index is 690. The van der Waals surface area contributed by atoms with Crippen LogP contribution in [0.4, 0.5) is 13.2 Å². The fraction of sp³-hybridized carbons (Fsp3) is 0.600. The maximum Gasteiger partial charge on any atom is 0.471 e. The van der Waals surface area contributed by atoms with E-state index in [1.54, 1.807) is 16.4 Å². The molecule has 0 spiro atoms. The van der Waals surface area contributed by atoms with E-state index < -0.39 is 23.5 Å². The van der Waals surface area contributed by atoms with Gasteiger partial charge in [-0.1, -0.05) is 0 Å². The van der Waals surface area contributed by atoms with E-state index in [2.05, 4.69) is 9.97 Å². The van der Waals surface area contributed by atoms with Gasteiger partial charge < -0.3 is 10.2 Å². The summed E-state index contributed by atoms with van der Waals surface area (Å²) >= 11 is 0. The molecule has 24 heavy (non-hydrogen) atoms. The highest BCUT2D eigenvalue weighted by atomic mass is 19.4. The van der Waals surface area contributed by atoms with E-state index in [0.29, 0.717) is 12.8 Å². The Labute approximate surface area is 136 Å². The van der Waals surface area contributed by atoms with E-state index in [1.807, 2.05) is 0 Å². The number of hydrogen-bond acceptors (Lipinski definition) is 4. The molecule has 3 heterocycles. The lowest BCUT2D eigenvalue weighted by atomic mass is 9.95. The summed E-state index contributed by atoms with van der Waals surface area (Å²) in [5.41, 5.74) is 0.0526. The topological polar surface area (TPSA) is 75.2 Å². The lowest BCUT2D eigenvalue weighted by molar-refractivity contribution is -0.176. The second-order valence-electron chi connectivity index (χ2n) is 6.67. The second kappa shape index (κ2) is 5.42. The van der Waals surface area contributed by atoms with Crippen LogP contribution in [0, 0.1) is 0 Å². The SMILES string of the molecule is CC(C)(NC(=O)C(F)(F)F)C(=O)N1C2CCC1c1cncnc1C2. The number of hydrogen-bond donors (Lipinski definition) is 1. The van der Waals surface area contributed by atoms with Crippen molar-refractivity contribution in [1.82, 2.24) is 20.2 Å². The molecule has 3 rings (SSSR count). The molecule has 130 valence electrons. The zero-order chi connectivity index (χ0) is 17.7. The molecule has 2 amide bonds. The molecule has 2 bridgehead atoms. The first-order chi connectivity index (χ1) is 11.1. The molecule has 2 unspecified atom stereocenters. The molecule has 0 radical (unpaired) electrons. The van der Waals surface area contributed by atoms with Gasteiger partial charge in [0.2, 0.25) is 5.91 Å². The minimum absolute atomic E-state index is 0.119. The third-order valence-electron chi connectivity index (χ3n) is 4.57. The molecule has 2 aliphatic rings. The van der Waals surface area contributed by atoms with Gasteiger partial charge in [0.05, 0.1) is 11.7 Å². The van der Waals surface area contributed by atoms with Crippen molar-refractivity contribution in [3.05, 3.63) is 23.8 Å². The van der Waals surface area contributed by atoms with Crippen LogP contribution in [0.25, 0.3) is 0 Å². The van der Waals surface area contributed by atoms with Crippen molar-refractivity contribution in [3.63, 3.8) is 0 Å². The average molecular weight is 342 g/mol. The monoisotopic (exact) mass is 342 g/mol. The summed E-state index contributed by atoms with van der Waals surface area (Å²) in [5.74, 6) is -2.64. The van der Waals surface area contributed by atoms with Crippen LogP contribution in [0.2, 0.25) is 0 Å². The largest absolute Gasteiger partial charge is 0.471 e. The Hall–Kier alpha value is -2.19. The van der Waals surface area contributed by atoms with Gasteiger partial charge in [0, 0.05) is 24.2 Å². The summed E-state index contributed by atoms with van der Waals surface area (Å²) in [6, 6.07) is -0.374. The van der Waals surface area contributed by atoms with Crippen molar-refractivity contribution in [2.45, 2.75) is 56.9 Å². The number of carbonyl (C=O) groups excluding carboxylic acids is 2. The van der Waals surface area contributed by atoms with Gasteiger partial charge in [-0.15, -0.1) is 0 Å². The molecule has 1 saturated heterocycles. The quantitative estimate of drug-likeness (QED) is 0.884. The summed E-state index contributed by atoms with van der Waals surface area (Å²) in [6.07, 6.45) is 0.0672. The van der Waals surface area contributed by atoms with Crippen molar-refractivity contribution in [3.8, 4) is 0 Å². The molecule has 2 aliphatic heterocycles. The van der Waals surface area contributed by atoms with Gasteiger partial charge in [-0.25, -0.2) is 9.97 Å². The van der Waals surface area contributed by atoms with Crippen LogP contribution in [0.5, 0.6) is 0 Å². The molecule has 2 atom stereocenters. The lowest BCUT2D eigenvalue weighted by Gasteiger charge is -2.40. The van der Waals surface area contributed by atoms with Crippen molar-refractivity contribution < 1.29 is 22.8 Å². The normalized spacial score (nSPS) is 23.0. The molecule has 1 aromatic heterocycles. The molecule has 9 heteroatoms. The Balaban J connectivity index is 1.84. The van der Waals surface area contributed by atoms with Crippen LogP contribution in [-0.2, 0) is 16.0 Å². The van der Waals surface area contributed by atoms with Crippen molar-refractivity contribution in [1.29, 1.82) is 0 Å². The zero-order valence-electron chi connectivity index (χ0n) is 13.2. The van der Waals surface area contributed by atoms with Crippen LogP contribution in [0.3, 0.4) is 0 Å². The van der Waals surface area contributed by atoms with Gasteiger partial charge in [-0.05, 0) is 26.7 Å². The summed E-state index contributed by atoms with van der Waals surface area (Å²) in [6.45, 7) is 2.57. The van der Waals surface area contributed by atoms with Gasteiger partial charge in [-0.3, -0.25) is 9.59 Å². The average Bonchev–Trinajstić information content (AvgIpc) is 2.80. The van der Waals surface area contributed by atoms with Crippen LogP contribution < -0.4 is 5.32 Å². The van der Waals surface area contributed by atoms with Crippen LogP contribution in [0.1, 0.15) is 44.0 Å². The second-order valence-corrected chi connectivity index (χ2v) is 6.67. The highest BCUT2D eigenvalue weighted by molar-refractivity contribution is 5.93. The Morgan fingerprint density at radius 1 is 1.29 bits per heavy atom. The smallest absolute Gasteiger partial charge is 0.334 e. The van der Waals surface area contributed by atoms with Crippen LogP contribution in [0.15, 0.2) is 12.5 Å². The standard InChI is InChI=1S/C15H17F3N4O2/c1-14(2,21-12(23)15(16,17)18)13(24)22-8-3-4-11(22)9-6-19-7-20-10(9)5-8/h6-8,11H,3-5H2,1-2H3,(H,21,23). The third kappa shape index (κ3) is 2.71. The van der Waals surface area contributed by atoms with Gasteiger partial charge in [0.15, 0.2) is 0 Å². The lowest BCUT2D eigenvalue weighted by Crippen LogP contribution is -2.60. The number of carbonyl (C=O) groups is 2. The minimum Gasteiger partial charge on any atom is -0.334 e. The number of rotatable bonds is 2. The maximum absolute atomic E-state index is 12.9. The fourth-order valence-corrected chi connectivity index (χ4v) is 3.46. The molecule has 1 fully saturated rings. The Morgan fingerprint density at radius 2 is 2.00 bits per heavy atom. The number of fused-ring (bicyclic) bond motifs is 4. The molecular weight excluding hydrogens is 325 g/mol. The number of aromatic nitrogens is 2. The third-order valence-corrected chi connectivity index (χ3v) is 4.57. The summed E-state index contributed by atoms with van der Waals surface area (Å²) in [7, 11) is 0. The number of nitrogens with one attached hydrogen (secondary N) is 1. The van der Waals surface area contributed by atoms with Crippen molar-refractivity contribution in [2.75, 3.05) is 0 Å². The van der Waals surface area contributed by atoms with Crippen molar-refractivity contribution >= 4 is 11.8 Å². The first kappa shape index (κ1) is 16.7. The first-order valence-corrected chi connectivity index (χ1v) is 7.62. The van der Waals surface area contributed by atoms with Crippen LogP contribution >= 0.6 is 0 Å². The molecule has 1 N–H and O–H groups in total. The molecule has 1 aromatic rings. The Morgan fingerprint density at radius 3 is 2.67 bits per heavy atom. The predicted molar refractivity (Wildman–Crippen MR) is 76.6 cm³/mol. The molecule has 0 aromatic carbocycles. The summed E-state index contributed by atoms with van der Waals surface area (Å²) in [4.78, 5) is 33.9. The van der Waals surface area contributed by atoms with Crippen molar-refractivity contribution in [2.24, 2.45) is 0 Å². The molecule has 0 saturated carbocycles. The highest BCUT2D eigenvalue weighted by Gasteiger charge is 2.49. The Kier molecular flexibility index (Phi) is 3.76. The number of amides is 2. The summed E-state index contributed by atoms with van der Waals surface area (Å²) in [5, 5.41) is 1.80. The first-order valence-electron chi connectivity index (χ1n) is 7.62. The number of alkyl halides is 3. The fourth-order valence-electron chi connectivity index (χ4n) is 3.46. The van der Waals surface area contributed by atoms with Gasteiger partial charge in [-0.2, -0.15) is 13.2 Å². The van der Waals surface area contributed by atoms with E-state index in [-0.39, 0.29) is 12.1 Å². The maximum atomic E-state index is 12.9. The van der Waals surface area contributed by atoms with Gasteiger partial charge in [0.1, 0.15) is 11.9 Å².